The van der Waals surface area contributed by atoms with E-state index in [4.69, 9.17) is 4.74 Å². The van der Waals surface area contributed by atoms with Crippen LogP contribution in [0.3, 0.4) is 0 Å². The van der Waals surface area contributed by atoms with Crippen LogP contribution in [0.25, 0.3) is 0 Å². The summed E-state index contributed by atoms with van der Waals surface area (Å²) in [6.45, 7) is 9.37. The Balaban J connectivity index is 1.43. The van der Waals surface area contributed by atoms with Crippen molar-refractivity contribution in [1.82, 2.24) is 0 Å². The summed E-state index contributed by atoms with van der Waals surface area (Å²) < 4.78 is 5.28. The van der Waals surface area contributed by atoms with Crippen LogP contribution in [0, 0.1) is 58.7 Å². The molecule has 28 heavy (non-hydrogen) atoms. The largest absolute Gasteiger partial charge is 0.466 e. The van der Waals surface area contributed by atoms with Gasteiger partial charge >= 0.3 is 5.97 Å². The van der Waals surface area contributed by atoms with Crippen molar-refractivity contribution < 1.29 is 14.6 Å². The molecule has 0 saturated heterocycles. The van der Waals surface area contributed by atoms with Gasteiger partial charge in [-0.25, -0.2) is 0 Å². The van der Waals surface area contributed by atoms with Crippen molar-refractivity contribution in [2.45, 2.75) is 84.7 Å². The minimum Gasteiger partial charge on any atom is -0.466 e. The van der Waals surface area contributed by atoms with Crippen LogP contribution >= 0.6 is 0 Å². The van der Waals surface area contributed by atoms with Gasteiger partial charge in [-0.3, -0.25) is 4.79 Å². The Kier molecular flexibility index (Phi) is 4.48. The van der Waals surface area contributed by atoms with Gasteiger partial charge in [0, 0.05) is 5.41 Å². The number of ether oxygens (including phenoxy) is 1. The summed E-state index contributed by atoms with van der Waals surface area (Å²) in [5.41, 5.74) is -0.950. The van der Waals surface area contributed by atoms with Gasteiger partial charge in [0.2, 0.25) is 0 Å². The third-order valence-corrected chi connectivity index (χ3v) is 10.6. The predicted octanol–water partition coefficient (Wildman–Crippen LogP) is 5.06. The summed E-state index contributed by atoms with van der Waals surface area (Å²) in [5, 5.41) is 12.0. The van der Waals surface area contributed by atoms with Crippen molar-refractivity contribution in [3.63, 3.8) is 0 Å². The Labute approximate surface area is 171 Å². The zero-order valence-corrected chi connectivity index (χ0v) is 18.3. The van der Waals surface area contributed by atoms with Gasteiger partial charge in [0.1, 0.15) is 0 Å². The number of fused-ring (bicyclic) bond motifs is 7. The Morgan fingerprint density at radius 1 is 1.04 bits per heavy atom. The van der Waals surface area contributed by atoms with E-state index in [2.05, 4.69) is 20.8 Å². The summed E-state index contributed by atoms with van der Waals surface area (Å²) in [6.07, 6.45) is 9.66. The van der Waals surface area contributed by atoms with Gasteiger partial charge in [0.15, 0.2) is 0 Å². The number of esters is 1. The Morgan fingerprint density at radius 2 is 1.79 bits per heavy atom. The van der Waals surface area contributed by atoms with Crippen LogP contribution in [0.4, 0.5) is 0 Å². The molecule has 0 aromatic rings. The van der Waals surface area contributed by atoms with E-state index in [0.717, 1.165) is 36.0 Å². The number of aliphatic hydroxyl groups is 1. The smallest absolute Gasteiger partial charge is 0.308 e. The molecule has 0 bridgehead atoms. The van der Waals surface area contributed by atoms with Crippen molar-refractivity contribution >= 4 is 5.97 Å². The molecule has 0 aromatic carbocycles. The summed E-state index contributed by atoms with van der Waals surface area (Å²) in [4.78, 5) is 12.4. The number of hydrogen-bond donors (Lipinski definition) is 1. The number of rotatable bonds is 3. The summed E-state index contributed by atoms with van der Waals surface area (Å²) in [7, 11) is 0. The molecule has 5 fully saturated rings. The topological polar surface area (TPSA) is 46.5 Å². The molecular formula is C25H40O3. The lowest BCUT2D eigenvalue weighted by Crippen LogP contribution is -2.57. The van der Waals surface area contributed by atoms with Gasteiger partial charge in [-0.05, 0) is 98.7 Å². The maximum absolute atomic E-state index is 12.4. The molecule has 11 atom stereocenters. The Morgan fingerprint density at radius 3 is 2.54 bits per heavy atom. The quantitative estimate of drug-likeness (QED) is 0.687. The maximum Gasteiger partial charge on any atom is 0.308 e. The first-order chi connectivity index (χ1) is 13.3. The van der Waals surface area contributed by atoms with Crippen molar-refractivity contribution in [3.05, 3.63) is 0 Å². The van der Waals surface area contributed by atoms with Crippen LogP contribution in [-0.4, -0.2) is 23.3 Å². The predicted molar refractivity (Wildman–Crippen MR) is 109 cm³/mol. The van der Waals surface area contributed by atoms with Crippen molar-refractivity contribution in [2.75, 3.05) is 6.61 Å². The molecule has 0 amide bonds. The number of hydrogen-bond acceptors (Lipinski definition) is 3. The molecule has 0 heterocycles. The lowest BCUT2D eigenvalue weighted by molar-refractivity contribution is -0.175. The molecule has 3 heteroatoms. The van der Waals surface area contributed by atoms with Gasteiger partial charge in [-0.2, -0.15) is 0 Å². The molecular weight excluding hydrogens is 348 g/mol. The first kappa shape index (κ1) is 19.4. The number of carbonyl (C=O) groups is 1. The molecule has 5 aliphatic rings. The summed E-state index contributed by atoms with van der Waals surface area (Å²) in [5.74, 6) is 6.41. The van der Waals surface area contributed by atoms with Gasteiger partial charge in [0.25, 0.3) is 0 Å². The molecule has 1 N–H and O–H groups in total. The Bertz CT molecular complexity index is 646. The van der Waals surface area contributed by atoms with E-state index in [9.17, 15) is 9.90 Å². The van der Waals surface area contributed by atoms with Crippen LogP contribution in [0.15, 0.2) is 0 Å². The average molecular weight is 389 g/mol. The highest BCUT2D eigenvalue weighted by Gasteiger charge is 2.79. The lowest BCUT2D eigenvalue weighted by atomic mass is 9.47. The van der Waals surface area contributed by atoms with E-state index in [-0.39, 0.29) is 17.8 Å². The highest BCUT2D eigenvalue weighted by Crippen LogP contribution is 2.78. The SMILES string of the molecule is CCOC(=O)CC1(O)C2C(C)C2C2C3CCC4CC(C)CCC4C3CCC21C. The number of carbonyl (C=O) groups excluding carboxylic acids is 1. The molecule has 3 nitrogen and oxygen atoms in total. The van der Waals surface area contributed by atoms with Gasteiger partial charge in [-0.1, -0.05) is 27.2 Å². The van der Waals surface area contributed by atoms with E-state index in [1.165, 1.54) is 38.5 Å². The van der Waals surface area contributed by atoms with E-state index >= 15 is 0 Å². The van der Waals surface area contributed by atoms with Crippen LogP contribution < -0.4 is 0 Å². The molecule has 0 aliphatic heterocycles. The van der Waals surface area contributed by atoms with Gasteiger partial charge in [0.05, 0.1) is 18.6 Å². The molecule has 0 radical (unpaired) electrons. The van der Waals surface area contributed by atoms with E-state index in [0.29, 0.717) is 30.3 Å². The molecule has 0 spiro atoms. The van der Waals surface area contributed by atoms with Crippen LogP contribution in [0.2, 0.25) is 0 Å². The normalized spacial score (nSPS) is 56.8. The molecule has 11 unspecified atom stereocenters. The molecule has 5 aliphatic carbocycles. The fourth-order valence-corrected chi connectivity index (χ4v) is 9.48. The average Bonchev–Trinajstić information content (AvgIpc) is 3.25. The summed E-state index contributed by atoms with van der Waals surface area (Å²) in [6, 6.07) is 0. The van der Waals surface area contributed by atoms with Crippen LogP contribution in [0.1, 0.15) is 79.1 Å². The molecule has 158 valence electrons. The maximum atomic E-state index is 12.4. The third kappa shape index (κ3) is 2.47. The zero-order chi connectivity index (χ0) is 19.8. The van der Waals surface area contributed by atoms with Crippen molar-refractivity contribution in [1.29, 1.82) is 0 Å². The standard InChI is InChI=1S/C25H40O3/c1-5-28-20(26)13-25(27)22-15(3)21(22)23-19-9-7-16-12-14(2)6-8-17(16)18(19)10-11-24(23,25)4/h14-19,21-23,27H,5-13H2,1-4H3. The highest BCUT2D eigenvalue weighted by molar-refractivity contribution is 5.71. The van der Waals surface area contributed by atoms with Crippen LogP contribution in [0.5, 0.6) is 0 Å². The summed E-state index contributed by atoms with van der Waals surface area (Å²) >= 11 is 0. The van der Waals surface area contributed by atoms with Gasteiger partial charge in [-0.15, -0.1) is 0 Å². The van der Waals surface area contributed by atoms with Crippen molar-refractivity contribution in [3.8, 4) is 0 Å². The minimum absolute atomic E-state index is 0.0996. The fourth-order valence-electron chi connectivity index (χ4n) is 9.48. The fraction of sp³-hybridized carbons (Fsp3) is 0.960. The van der Waals surface area contributed by atoms with Gasteiger partial charge < -0.3 is 9.84 Å². The minimum atomic E-state index is -0.850. The first-order valence-electron chi connectivity index (χ1n) is 12.2. The molecule has 0 aromatic heterocycles. The first-order valence-corrected chi connectivity index (χ1v) is 12.2. The van der Waals surface area contributed by atoms with E-state index in [1.54, 1.807) is 0 Å². The Hall–Kier alpha value is -0.570. The monoisotopic (exact) mass is 388 g/mol. The lowest BCUT2D eigenvalue weighted by Gasteiger charge is -2.59. The third-order valence-electron chi connectivity index (χ3n) is 10.6. The molecule has 5 rings (SSSR count). The second-order valence-corrected chi connectivity index (χ2v) is 11.6. The molecule has 5 saturated carbocycles. The second-order valence-electron chi connectivity index (χ2n) is 11.6. The van der Waals surface area contributed by atoms with E-state index in [1.807, 2.05) is 6.92 Å². The highest BCUT2D eigenvalue weighted by atomic mass is 16.5. The van der Waals surface area contributed by atoms with E-state index < -0.39 is 5.60 Å². The zero-order valence-electron chi connectivity index (χ0n) is 18.3. The second kappa shape index (κ2) is 6.46. The van der Waals surface area contributed by atoms with Crippen LogP contribution in [-0.2, 0) is 9.53 Å². The van der Waals surface area contributed by atoms with Crippen molar-refractivity contribution in [2.24, 2.45) is 58.7 Å².